The van der Waals surface area contributed by atoms with Crippen molar-refractivity contribution in [1.82, 2.24) is 15.2 Å². The molecule has 1 saturated heterocycles. The van der Waals surface area contributed by atoms with E-state index in [2.05, 4.69) is 15.2 Å². The molecule has 5 nitrogen and oxygen atoms in total. The van der Waals surface area contributed by atoms with Crippen LogP contribution in [-0.4, -0.2) is 33.6 Å². The molecule has 1 fully saturated rings. The van der Waals surface area contributed by atoms with Gasteiger partial charge in [0.05, 0.1) is 12.7 Å². The first-order chi connectivity index (χ1) is 9.31. The quantitative estimate of drug-likeness (QED) is 0.879. The van der Waals surface area contributed by atoms with E-state index in [0.717, 1.165) is 16.5 Å². The standard InChI is InChI=1S/C12H12ClN3O2S/c13-9-3-1-8(2-4-9)11-17-5-10(18-11)6-19-12-14-7-15-16-12/h1-4,7,10-11H,5-6H2,(H,14,15,16)/t10-,11+/m1/s1. The molecule has 0 amide bonds. The summed E-state index contributed by atoms with van der Waals surface area (Å²) in [5.74, 6) is 0.777. The highest BCUT2D eigenvalue weighted by atomic mass is 35.5. The molecule has 1 aromatic carbocycles. The van der Waals surface area contributed by atoms with Crippen LogP contribution in [0.4, 0.5) is 0 Å². The van der Waals surface area contributed by atoms with E-state index in [9.17, 15) is 0 Å². The Bertz CT molecular complexity index is 520. The first-order valence-electron chi connectivity index (χ1n) is 5.82. The molecule has 1 aliphatic rings. The fourth-order valence-corrected chi connectivity index (χ4v) is 2.65. The molecule has 7 heteroatoms. The molecule has 19 heavy (non-hydrogen) atoms. The molecule has 2 atom stereocenters. The molecule has 0 saturated carbocycles. The van der Waals surface area contributed by atoms with Gasteiger partial charge in [0.1, 0.15) is 6.33 Å². The number of hydrogen-bond acceptors (Lipinski definition) is 5. The van der Waals surface area contributed by atoms with Gasteiger partial charge in [-0.3, -0.25) is 5.10 Å². The number of H-pyrrole nitrogens is 1. The van der Waals surface area contributed by atoms with Gasteiger partial charge < -0.3 is 9.47 Å². The van der Waals surface area contributed by atoms with Crippen LogP contribution in [0.1, 0.15) is 11.9 Å². The van der Waals surface area contributed by atoms with Crippen molar-refractivity contribution in [2.24, 2.45) is 0 Å². The van der Waals surface area contributed by atoms with Gasteiger partial charge >= 0.3 is 0 Å². The zero-order valence-electron chi connectivity index (χ0n) is 9.95. The van der Waals surface area contributed by atoms with Crippen molar-refractivity contribution in [2.45, 2.75) is 17.6 Å². The van der Waals surface area contributed by atoms with Crippen molar-refractivity contribution in [1.29, 1.82) is 0 Å². The number of hydrogen-bond donors (Lipinski definition) is 1. The molecule has 0 unspecified atom stereocenters. The zero-order valence-corrected chi connectivity index (χ0v) is 11.5. The summed E-state index contributed by atoms with van der Waals surface area (Å²) >= 11 is 7.42. The van der Waals surface area contributed by atoms with E-state index in [1.54, 1.807) is 11.8 Å². The molecule has 1 N–H and O–H groups in total. The highest BCUT2D eigenvalue weighted by Gasteiger charge is 2.27. The molecule has 0 bridgehead atoms. The van der Waals surface area contributed by atoms with Crippen LogP contribution in [0.3, 0.4) is 0 Å². The van der Waals surface area contributed by atoms with Crippen LogP contribution in [0.5, 0.6) is 0 Å². The van der Waals surface area contributed by atoms with E-state index in [0.29, 0.717) is 11.6 Å². The molecule has 2 heterocycles. The van der Waals surface area contributed by atoms with E-state index >= 15 is 0 Å². The van der Waals surface area contributed by atoms with Gasteiger partial charge in [0, 0.05) is 16.3 Å². The van der Waals surface area contributed by atoms with E-state index < -0.39 is 0 Å². The molecule has 2 aromatic rings. The molecule has 0 spiro atoms. The number of benzene rings is 1. The SMILES string of the molecule is Clc1ccc([C@H]2OC[C@H](CSc3ncn[nH]3)O2)cc1. The molecule has 1 aliphatic heterocycles. The first kappa shape index (κ1) is 12.9. The van der Waals surface area contributed by atoms with E-state index in [1.165, 1.54) is 6.33 Å². The van der Waals surface area contributed by atoms with Gasteiger partial charge in [-0.2, -0.15) is 5.10 Å². The van der Waals surface area contributed by atoms with Crippen molar-refractivity contribution in [3.05, 3.63) is 41.2 Å². The average Bonchev–Trinajstić information content (AvgIpc) is 3.09. The van der Waals surface area contributed by atoms with Crippen LogP contribution in [0.15, 0.2) is 35.7 Å². The van der Waals surface area contributed by atoms with Crippen LogP contribution < -0.4 is 0 Å². The predicted octanol–water partition coefficient (Wildman–Crippen LogP) is 2.66. The van der Waals surface area contributed by atoms with Gasteiger partial charge in [-0.25, -0.2) is 4.98 Å². The summed E-state index contributed by atoms with van der Waals surface area (Å²) in [6.45, 7) is 0.578. The van der Waals surface area contributed by atoms with E-state index in [4.69, 9.17) is 21.1 Å². The second-order valence-corrected chi connectivity index (χ2v) is 5.52. The maximum absolute atomic E-state index is 5.85. The smallest absolute Gasteiger partial charge is 0.184 e. The lowest BCUT2D eigenvalue weighted by molar-refractivity contribution is -0.0565. The number of halogens is 1. The van der Waals surface area contributed by atoms with Crippen molar-refractivity contribution in [2.75, 3.05) is 12.4 Å². The average molecular weight is 298 g/mol. The fourth-order valence-electron chi connectivity index (χ4n) is 1.77. The third-order valence-corrected chi connectivity index (χ3v) is 3.95. The van der Waals surface area contributed by atoms with Crippen molar-refractivity contribution in [3.63, 3.8) is 0 Å². The maximum atomic E-state index is 5.85. The summed E-state index contributed by atoms with van der Waals surface area (Å²) in [6.07, 6.45) is 1.23. The number of thioether (sulfide) groups is 1. The van der Waals surface area contributed by atoms with Gasteiger partial charge in [-0.05, 0) is 12.1 Å². The van der Waals surface area contributed by atoms with Crippen molar-refractivity contribution in [3.8, 4) is 0 Å². The third kappa shape index (κ3) is 3.27. The number of aromatic nitrogens is 3. The van der Waals surface area contributed by atoms with Crippen LogP contribution in [-0.2, 0) is 9.47 Å². The Labute approximate surface area is 119 Å². The molecule has 0 radical (unpaired) electrons. The molecule has 100 valence electrons. The van der Waals surface area contributed by atoms with Gasteiger partial charge in [0.15, 0.2) is 11.4 Å². The van der Waals surface area contributed by atoms with Crippen LogP contribution in [0, 0.1) is 0 Å². The lowest BCUT2D eigenvalue weighted by atomic mass is 10.2. The van der Waals surface area contributed by atoms with E-state index in [-0.39, 0.29) is 12.4 Å². The van der Waals surface area contributed by atoms with Crippen LogP contribution >= 0.6 is 23.4 Å². The predicted molar refractivity (Wildman–Crippen MR) is 72.1 cm³/mol. The molecule has 1 aromatic heterocycles. The lowest BCUT2D eigenvalue weighted by Crippen LogP contribution is -2.13. The summed E-state index contributed by atoms with van der Waals surface area (Å²) < 4.78 is 11.5. The zero-order chi connectivity index (χ0) is 13.1. The molecular weight excluding hydrogens is 286 g/mol. The van der Waals surface area contributed by atoms with Crippen LogP contribution in [0.25, 0.3) is 0 Å². The molecule has 3 rings (SSSR count). The third-order valence-electron chi connectivity index (χ3n) is 2.69. The largest absolute Gasteiger partial charge is 0.346 e. The number of nitrogens with zero attached hydrogens (tertiary/aromatic N) is 2. The van der Waals surface area contributed by atoms with Gasteiger partial charge in [0.2, 0.25) is 0 Å². The minimum atomic E-state index is -0.308. The van der Waals surface area contributed by atoms with Crippen molar-refractivity contribution < 1.29 is 9.47 Å². The molecular formula is C12H12ClN3O2S. The maximum Gasteiger partial charge on any atom is 0.184 e. The minimum Gasteiger partial charge on any atom is -0.346 e. The summed E-state index contributed by atoms with van der Waals surface area (Å²) in [4.78, 5) is 4.05. The lowest BCUT2D eigenvalue weighted by Gasteiger charge is -2.11. The summed E-state index contributed by atoms with van der Waals surface area (Å²) in [7, 11) is 0. The number of ether oxygens (including phenoxy) is 2. The highest BCUT2D eigenvalue weighted by molar-refractivity contribution is 7.99. The van der Waals surface area contributed by atoms with E-state index in [1.807, 2.05) is 24.3 Å². The monoisotopic (exact) mass is 297 g/mol. The van der Waals surface area contributed by atoms with Gasteiger partial charge in [0.25, 0.3) is 0 Å². The Hall–Kier alpha value is -1.08. The number of rotatable bonds is 4. The molecule has 0 aliphatic carbocycles. The Morgan fingerprint density at radius 2 is 2.21 bits per heavy atom. The van der Waals surface area contributed by atoms with Gasteiger partial charge in [-0.1, -0.05) is 35.5 Å². The Balaban J connectivity index is 1.53. The summed E-state index contributed by atoms with van der Waals surface area (Å²) in [6, 6.07) is 7.50. The van der Waals surface area contributed by atoms with Crippen molar-refractivity contribution >= 4 is 23.4 Å². The summed E-state index contributed by atoms with van der Waals surface area (Å²) in [5.41, 5.74) is 0.983. The Morgan fingerprint density at radius 1 is 1.37 bits per heavy atom. The topological polar surface area (TPSA) is 60.0 Å². The van der Waals surface area contributed by atoms with Crippen LogP contribution in [0.2, 0.25) is 5.02 Å². The normalized spacial score (nSPS) is 22.8. The summed E-state index contributed by atoms with van der Waals surface area (Å²) in [5, 5.41) is 8.10. The Morgan fingerprint density at radius 3 is 2.95 bits per heavy atom. The minimum absolute atomic E-state index is 0.0516. The van der Waals surface area contributed by atoms with Gasteiger partial charge in [-0.15, -0.1) is 0 Å². The number of nitrogens with one attached hydrogen (secondary N) is 1. The highest BCUT2D eigenvalue weighted by Crippen LogP contribution is 2.29. The second kappa shape index (κ2) is 5.92. The first-order valence-corrected chi connectivity index (χ1v) is 7.18. The second-order valence-electron chi connectivity index (χ2n) is 4.08. The fraction of sp³-hybridized carbons (Fsp3) is 0.333. The number of aromatic amines is 1. The Kier molecular flexibility index (Phi) is 4.03.